The number of benzene rings is 1. The summed E-state index contributed by atoms with van der Waals surface area (Å²) in [5, 5.41) is 7.89. The molecule has 0 aliphatic heterocycles. The number of aromatic nitrogens is 3. The SMILES string of the molecule is CN(CCn1cc(CN)nn1)Cc1ccccc1F. The Bertz CT molecular complexity index is 525. The number of hydrogen-bond acceptors (Lipinski definition) is 4. The minimum absolute atomic E-state index is 0.166. The normalized spacial score (nSPS) is 11.2. The maximum atomic E-state index is 13.5. The number of halogens is 1. The molecule has 2 rings (SSSR count). The zero-order valence-electron chi connectivity index (χ0n) is 11.0. The Morgan fingerprint density at radius 1 is 1.37 bits per heavy atom. The fourth-order valence-corrected chi connectivity index (χ4v) is 1.81. The van der Waals surface area contributed by atoms with Crippen molar-refractivity contribution in [2.75, 3.05) is 13.6 Å². The summed E-state index contributed by atoms with van der Waals surface area (Å²) in [5.41, 5.74) is 6.95. The van der Waals surface area contributed by atoms with Crippen molar-refractivity contribution >= 4 is 0 Å². The molecule has 0 aliphatic rings. The van der Waals surface area contributed by atoms with Gasteiger partial charge in [0, 0.05) is 31.4 Å². The van der Waals surface area contributed by atoms with E-state index >= 15 is 0 Å². The van der Waals surface area contributed by atoms with Crippen molar-refractivity contribution in [3.63, 3.8) is 0 Å². The smallest absolute Gasteiger partial charge is 0.127 e. The molecule has 102 valence electrons. The predicted octanol–water partition coefficient (Wildman–Crippen LogP) is 1.01. The van der Waals surface area contributed by atoms with Gasteiger partial charge in [-0.3, -0.25) is 4.68 Å². The maximum absolute atomic E-state index is 13.5. The molecule has 0 saturated heterocycles. The van der Waals surface area contributed by atoms with Gasteiger partial charge in [-0.15, -0.1) is 5.10 Å². The third-order valence-electron chi connectivity index (χ3n) is 2.90. The summed E-state index contributed by atoms with van der Waals surface area (Å²) in [6, 6.07) is 6.82. The third kappa shape index (κ3) is 3.84. The van der Waals surface area contributed by atoms with Crippen LogP contribution in [0.3, 0.4) is 0 Å². The van der Waals surface area contributed by atoms with Gasteiger partial charge >= 0.3 is 0 Å². The van der Waals surface area contributed by atoms with E-state index < -0.39 is 0 Å². The molecule has 1 aromatic carbocycles. The van der Waals surface area contributed by atoms with Crippen molar-refractivity contribution in [1.82, 2.24) is 19.9 Å². The Morgan fingerprint density at radius 3 is 2.84 bits per heavy atom. The van der Waals surface area contributed by atoms with Crippen LogP contribution in [0.5, 0.6) is 0 Å². The van der Waals surface area contributed by atoms with E-state index in [1.807, 2.05) is 24.2 Å². The van der Waals surface area contributed by atoms with Crippen LogP contribution in [0, 0.1) is 5.82 Å². The topological polar surface area (TPSA) is 60.0 Å². The van der Waals surface area contributed by atoms with Gasteiger partial charge in [0.1, 0.15) is 5.82 Å². The molecule has 0 unspecified atom stereocenters. The molecule has 0 bridgehead atoms. The molecule has 0 atom stereocenters. The Morgan fingerprint density at radius 2 is 2.16 bits per heavy atom. The van der Waals surface area contributed by atoms with Crippen LogP contribution in [0.4, 0.5) is 4.39 Å². The van der Waals surface area contributed by atoms with Crippen molar-refractivity contribution in [3.05, 3.63) is 47.5 Å². The highest BCUT2D eigenvalue weighted by Crippen LogP contribution is 2.08. The standard InChI is InChI=1S/C13H18FN5/c1-18(9-11-4-2-3-5-13(11)14)6-7-19-10-12(8-15)16-17-19/h2-5,10H,6-9,15H2,1H3. The zero-order chi connectivity index (χ0) is 13.7. The van der Waals surface area contributed by atoms with E-state index in [9.17, 15) is 4.39 Å². The minimum atomic E-state index is -0.166. The van der Waals surface area contributed by atoms with E-state index in [0.29, 0.717) is 25.2 Å². The first kappa shape index (κ1) is 13.6. The second-order valence-electron chi connectivity index (χ2n) is 4.51. The van der Waals surface area contributed by atoms with Crippen LogP contribution in [0.25, 0.3) is 0 Å². The summed E-state index contributed by atoms with van der Waals surface area (Å²) < 4.78 is 15.2. The summed E-state index contributed by atoms with van der Waals surface area (Å²) in [5.74, 6) is -0.166. The molecule has 2 N–H and O–H groups in total. The van der Waals surface area contributed by atoms with E-state index in [-0.39, 0.29) is 5.82 Å². The highest BCUT2D eigenvalue weighted by molar-refractivity contribution is 5.16. The Hall–Kier alpha value is -1.79. The van der Waals surface area contributed by atoms with Crippen LogP contribution in [0.2, 0.25) is 0 Å². The molecule has 0 radical (unpaired) electrons. The number of likely N-dealkylation sites (N-methyl/N-ethyl adjacent to an activating group) is 1. The lowest BCUT2D eigenvalue weighted by atomic mass is 10.2. The van der Waals surface area contributed by atoms with Crippen LogP contribution in [0.1, 0.15) is 11.3 Å². The predicted molar refractivity (Wildman–Crippen MR) is 70.6 cm³/mol. The first-order valence-electron chi connectivity index (χ1n) is 6.20. The highest BCUT2D eigenvalue weighted by Gasteiger charge is 2.05. The number of rotatable bonds is 6. The molecule has 5 nitrogen and oxygen atoms in total. The molecule has 0 fully saturated rings. The lowest BCUT2D eigenvalue weighted by Gasteiger charge is -2.16. The Balaban J connectivity index is 1.84. The monoisotopic (exact) mass is 263 g/mol. The average molecular weight is 263 g/mol. The third-order valence-corrected chi connectivity index (χ3v) is 2.90. The molecule has 0 amide bonds. The van der Waals surface area contributed by atoms with Gasteiger partial charge < -0.3 is 10.6 Å². The fraction of sp³-hybridized carbons (Fsp3) is 0.385. The molecular weight excluding hydrogens is 245 g/mol. The first-order chi connectivity index (χ1) is 9.19. The number of nitrogens with two attached hydrogens (primary N) is 1. The summed E-state index contributed by atoms with van der Waals surface area (Å²) in [7, 11) is 1.95. The lowest BCUT2D eigenvalue weighted by molar-refractivity contribution is 0.299. The van der Waals surface area contributed by atoms with Gasteiger partial charge in [0.15, 0.2) is 0 Å². The molecule has 1 aromatic heterocycles. The van der Waals surface area contributed by atoms with Gasteiger partial charge in [-0.05, 0) is 13.1 Å². The number of nitrogens with zero attached hydrogens (tertiary/aromatic N) is 4. The molecule has 0 saturated carbocycles. The summed E-state index contributed by atoms with van der Waals surface area (Å²) in [6.07, 6.45) is 1.83. The van der Waals surface area contributed by atoms with Crippen LogP contribution in [-0.4, -0.2) is 33.5 Å². The van der Waals surface area contributed by atoms with Crippen LogP contribution >= 0.6 is 0 Å². The van der Waals surface area contributed by atoms with Crippen LogP contribution in [-0.2, 0) is 19.6 Å². The van der Waals surface area contributed by atoms with Gasteiger partial charge in [-0.1, -0.05) is 23.4 Å². The number of hydrogen-bond donors (Lipinski definition) is 1. The van der Waals surface area contributed by atoms with E-state index in [1.165, 1.54) is 6.07 Å². The molecular formula is C13H18FN5. The van der Waals surface area contributed by atoms with Gasteiger partial charge in [0.05, 0.1) is 12.2 Å². The Kier molecular flexibility index (Phi) is 4.59. The quantitative estimate of drug-likeness (QED) is 0.845. The van der Waals surface area contributed by atoms with Gasteiger partial charge in [-0.2, -0.15) is 0 Å². The maximum Gasteiger partial charge on any atom is 0.127 e. The van der Waals surface area contributed by atoms with E-state index in [1.54, 1.807) is 16.8 Å². The molecule has 0 spiro atoms. The molecule has 1 heterocycles. The highest BCUT2D eigenvalue weighted by atomic mass is 19.1. The van der Waals surface area contributed by atoms with Gasteiger partial charge in [0.2, 0.25) is 0 Å². The van der Waals surface area contributed by atoms with Gasteiger partial charge in [0.25, 0.3) is 0 Å². The average Bonchev–Trinajstić information content (AvgIpc) is 2.87. The fourth-order valence-electron chi connectivity index (χ4n) is 1.81. The lowest BCUT2D eigenvalue weighted by Crippen LogP contribution is -2.23. The van der Waals surface area contributed by atoms with E-state index in [0.717, 1.165) is 12.2 Å². The minimum Gasteiger partial charge on any atom is -0.325 e. The van der Waals surface area contributed by atoms with E-state index in [2.05, 4.69) is 10.3 Å². The van der Waals surface area contributed by atoms with Crippen molar-refractivity contribution < 1.29 is 4.39 Å². The van der Waals surface area contributed by atoms with Crippen LogP contribution < -0.4 is 5.73 Å². The first-order valence-corrected chi connectivity index (χ1v) is 6.20. The summed E-state index contributed by atoms with van der Waals surface area (Å²) in [4.78, 5) is 2.04. The second-order valence-corrected chi connectivity index (χ2v) is 4.51. The molecule has 19 heavy (non-hydrogen) atoms. The molecule has 6 heteroatoms. The van der Waals surface area contributed by atoms with Crippen molar-refractivity contribution in [1.29, 1.82) is 0 Å². The largest absolute Gasteiger partial charge is 0.325 e. The van der Waals surface area contributed by atoms with Crippen molar-refractivity contribution in [2.24, 2.45) is 5.73 Å². The zero-order valence-corrected chi connectivity index (χ0v) is 11.0. The van der Waals surface area contributed by atoms with E-state index in [4.69, 9.17) is 5.73 Å². The summed E-state index contributed by atoms with van der Waals surface area (Å²) >= 11 is 0. The molecule has 2 aromatic rings. The van der Waals surface area contributed by atoms with Crippen molar-refractivity contribution in [2.45, 2.75) is 19.6 Å². The Labute approximate surface area is 111 Å². The summed E-state index contributed by atoms with van der Waals surface area (Å²) in [6.45, 7) is 2.44. The molecule has 0 aliphatic carbocycles. The second kappa shape index (κ2) is 6.40. The van der Waals surface area contributed by atoms with Crippen LogP contribution in [0.15, 0.2) is 30.5 Å². The van der Waals surface area contributed by atoms with Gasteiger partial charge in [-0.25, -0.2) is 4.39 Å². The van der Waals surface area contributed by atoms with Crippen molar-refractivity contribution in [3.8, 4) is 0 Å².